The Balaban J connectivity index is 1.45. The Morgan fingerprint density at radius 3 is 2.84 bits per heavy atom. The first kappa shape index (κ1) is 22.1. The molecular weight excluding hydrogens is 429 g/mol. The summed E-state index contributed by atoms with van der Waals surface area (Å²) in [6, 6.07) is 10.6. The van der Waals surface area contributed by atoms with E-state index in [2.05, 4.69) is 10.3 Å². The number of nitrogens with one attached hydrogen (secondary N) is 1. The lowest BCUT2D eigenvalue weighted by Crippen LogP contribution is -2.34. The fraction of sp³-hybridized carbons (Fsp3) is 0.333. The first-order chi connectivity index (χ1) is 15.5. The zero-order valence-electron chi connectivity index (χ0n) is 18.4. The van der Waals surface area contributed by atoms with Crippen LogP contribution < -0.4 is 14.8 Å². The molecule has 2 amide bonds. The molecule has 2 aromatic carbocycles. The molecule has 4 rings (SSSR count). The van der Waals surface area contributed by atoms with E-state index in [-0.39, 0.29) is 17.9 Å². The number of methoxy groups -OCH3 is 2. The molecule has 1 N–H and O–H groups in total. The standard InChI is InChI=1S/C24H26FN3O3S/c1-15-6-7-16(12-20(15)25)11-18-14-26-23(32-18)27-24(29)28-10-4-5-21(28)19-9-8-17(30-2)13-22(19)31-3/h6-9,12-14,21H,4-5,10-11H2,1-3H3,(H,26,27,29). The molecule has 1 saturated heterocycles. The molecule has 1 atom stereocenters. The average molecular weight is 456 g/mol. The number of aromatic nitrogens is 1. The van der Waals surface area contributed by atoms with E-state index in [1.807, 2.05) is 29.2 Å². The van der Waals surface area contributed by atoms with Crippen LogP contribution in [-0.2, 0) is 6.42 Å². The number of urea groups is 1. The molecule has 1 fully saturated rings. The maximum absolute atomic E-state index is 13.8. The van der Waals surface area contributed by atoms with E-state index < -0.39 is 0 Å². The van der Waals surface area contributed by atoms with Crippen molar-refractivity contribution in [1.82, 2.24) is 9.88 Å². The maximum Gasteiger partial charge on any atom is 0.324 e. The molecule has 0 radical (unpaired) electrons. The number of thiazole rings is 1. The molecule has 2 heterocycles. The van der Waals surface area contributed by atoms with Crippen LogP contribution in [0.5, 0.6) is 11.5 Å². The first-order valence-electron chi connectivity index (χ1n) is 10.5. The van der Waals surface area contributed by atoms with Crippen LogP contribution in [-0.4, -0.2) is 36.7 Å². The van der Waals surface area contributed by atoms with Crippen molar-refractivity contribution < 1.29 is 18.7 Å². The van der Waals surface area contributed by atoms with Gasteiger partial charge < -0.3 is 14.4 Å². The van der Waals surface area contributed by atoms with Crippen molar-refractivity contribution in [1.29, 1.82) is 0 Å². The number of halogens is 1. The smallest absolute Gasteiger partial charge is 0.324 e. The molecule has 1 unspecified atom stereocenters. The Morgan fingerprint density at radius 1 is 1.25 bits per heavy atom. The molecule has 3 aromatic rings. The van der Waals surface area contributed by atoms with Crippen LogP contribution in [0.1, 0.15) is 40.5 Å². The minimum absolute atomic E-state index is 0.0779. The van der Waals surface area contributed by atoms with Gasteiger partial charge in [-0.3, -0.25) is 5.32 Å². The van der Waals surface area contributed by atoms with Gasteiger partial charge in [-0.2, -0.15) is 0 Å². The lowest BCUT2D eigenvalue weighted by molar-refractivity contribution is 0.206. The summed E-state index contributed by atoms with van der Waals surface area (Å²) < 4.78 is 24.6. The lowest BCUT2D eigenvalue weighted by atomic mass is 10.0. The summed E-state index contributed by atoms with van der Waals surface area (Å²) in [5.74, 6) is 1.20. The minimum atomic E-state index is -0.213. The van der Waals surface area contributed by atoms with Crippen molar-refractivity contribution in [3.05, 3.63) is 70.0 Å². The zero-order chi connectivity index (χ0) is 22.7. The molecule has 8 heteroatoms. The third-order valence-corrected chi connectivity index (χ3v) is 6.61. The summed E-state index contributed by atoms with van der Waals surface area (Å²) in [7, 11) is 3.23. The normalized spacial score (nSPS) is 15.6. The molecule has 1 aromatic heterocycles. The molecule has 32 heavy (non-hydrogen) atoms. The van der Waals surface area contributed by atoms with Gasteiger partial charge in [-0.05, 0) is 49.1 Å². The van der Waals surface area contributed by atoms with Crippen molar-refractivity contribution >= 4 is 22.5 Å². The molecule has 0 spiro atoms. The fourth-order valence-corrected chi connectivity index (χ4v) is 4.82. The van der Waals surface area contributed by atoms with Gasteiger partial charge in [0.2, 0.25) is 0 Å². The number of carbonyl (C=O) groups is 1. The summed E-state index contributed by atoms with van der Waals surface area (Å²) in [6.45, 7) is 2.40. The summed E-state index contributed by atoms with van der Waals surface area (Å²) in [6.07, 6.45) is 4.07. The predicted molar refractivity (Wildman–Crippen MR) is 123 cm³/mol. The Morgan fingerprint density at radius 2 is 2.09 bits per heavy atom. The number of likely N-dealkylation sites (tertiary alicyclic amines) is 1. The van der Waals surface area contributed by atoms with E-state index in [0.29, 0.717) is 35.2 Å². The van der Waals surface area contributed by atoms with Gasteiger partial charge in [0, 0.05) is 35.7 Å². The van der Waals surface area contributed by atoms with E-state index in [9.17, 15) is 9.18 Å². The van der Waals surface area contributed by atoms with Crippen LogP contribution in [0.4, 0.5) is 14.3 Å². The third-order valence-electron chi connectivity index (χ3n) is 5.70. The van der Waals surface area contributed by atoms with Gasteiger partial charge in [-0.25, -0.2) is 14.2 Å². The number of anilines is 1. The predicted octanol–water partition coefficient (Wildman–Crippen LogP) is 5.57. The van der Waals surface area contributed by atoms with E-state index in [4.69, 9.17) is 9.47 Å². The van der Waals surface area contributed by atoms with Crippen molar-refractivity contribution in [3.8, 4) is 11.5 Å². The first-order valence-corrected chi connectivity index (χ1v) is 11.3. The minimum Gasteiger partial charge on any atom is -0.497 e. The summed E-state index contributed by atoms with van der Waals surface area (Å²) in [5.41, 5.74) is 2.46. The highest BCUT2D eigenvalue weighted by molar-refractivity contribution is 7.15. The molecule has 168 valence electrons. The van der Waals surface area contributed by atoms with Crippen LogP contribution in [0.25, 0.3) is 0 Å². The quantitative estimate of drug-likeness (QED) is 0.528. The van der Waals surface area contributed by atoms with Gasteiger partial charge in [0.25, 0.3) is 0 Å². The molecule has 1 aliphatic heterocycles. The number of nitrogens with zero attached hydrogens (tertiary/aromatic N) is 2. The number of ether oxygens (including phenoxy) is 2. The summed E-state index contributed by atoms with van der Waals surface area (Å²) >= 11 is 1.40. The number of carbonyl (C=O) groups excluding carboxylic acids is 1. The number of hydrogen-bond donors (Lipinski definition) is 1. The van der Waals surface area contributed by atoms with Crippen LogP contribution in [0, 0.1) is 12.7 Å². The molecule has 0 bridgehead atoms. The van der Waals surface area contributed by atoms with Crippen molar-refractivity contribution in [2.45, 2.75) is 32.2 Å². The van der Waals surface area contributed by atoms with Gasteiger partial charge in [0.05, 0.1) is 20.3 Å². The van der Waals surface area contributed by atoms with Crippen molar-refractivity contribution in [2.75, 3.05) is 26.1 Å². The summed E-state index contributed by atoms with van der Waals surface area (Å²) in [5, 5.41) is 3.46. The lowest BCUT2D eigenvalue weighted by Gasteiger charge is -2.26. The number of hydrogen-bond acceptors (Lipinski definition) is 5. The van der Waals surface area contributed by atoms with Crippen molar-refractivity contribution in [2.24, 2.45) is 0 Å². The molecule has 0 saturated carbocycles. The number of aryl methyl sites for hydroxylation is 1. The zero-order valence-corrected chi connectivity index (χ0v) is 19.2. The van der Waals surface area contributed by atoms with E-state index in [1.165, 1.54) is 11.3 Å². The van der Waals surface area contributed by atoms with Gasteiger partial charge in [-0.1, -0.05) is 12.1 Å². The highest BCUT2D eigenvalue weighted by Crippen LogP contribution is 2.39. The average Bonchev–Trinajstić information content (AvgIpc) is 3.45. The summed E-state index contributed by atoms with van der Waals surface area (Å²) in [4.78, 5) is 20.2. The van der Waals surface area contributed by atoms with Gasteiger partial charge in [0.1, 0.15) is 17.3 Å². The van der Waals surface area contributed by atoms with Crippen LogP contribution >= 0.6 is 11.3 Å². The molecular formula is C24H26FN3O3S. The number of benzene rings is 2. The van der Waals surface area contributed by atoms with E-state index in [0.717, 1.165) is 28.8 Å². The third kappa shape index (κ3) is 4.70. The van der Waals surface area contributed by atoms with Gasteiger partial charge in [0.15, 0.2) is 5.13 Å². The maximum atomic E-state index is 13.8. The second-order valence-electron chi connectivity index (χ2n) is 7.78. The Hall–Kier alpha value is -3.13. The van der Waals surface area contributed by atoms with Crippen LogP contribution in [0.3, 0.4) is 0 Å². The van der Waals surface area contributed by atoms with Crippen LogP contribution in [0.2, 0.25) is 0 Å². The largest absolute Gasteiger partial charge is 0.497 e. The number of amides is 2. The second kappa shape index (κ2) is 9.56. The second-order valence-corrected chi connectivity index (χ2v) is 8.90. The van der Waals surface area contributed by atoms with E-state index >= 15 is 0 Å². The Labute approximate surface area is 191 Å². The van der Waals surface area contributed by atoms with E-state index in [1.54, 1.807) is 39.5 Å². The molecule has 1 aliphatic rings. The topological polar surface area (TPSA) is 63.7 Å². The highest BCUT2D eigenvalue weighted by Gasteiger charge is 2.32. The number of rotatable bonds is 6. The van der Waals surface area contributed by atoms with Gasteiger partial charge >= 0.3 is 6.03 Å². The Bertz CT molecular complexity index is 1120. The monoisotopic (exact) mass is 455 g/mol. The van der Waals surface area contributed by atoms with Crippen LogP contribution in [0.15, 0.2) is 42.6 Å². The SMILES string of the molecule is COc1ccc(C2CCCN2C(=O)Nc2ncc(Cc3ccc(C)c(F)c3)s2)c(OC)c1. The van der Waals surface area contributed by atoms with Crippen molar-refractivity contribution in [3.63, 3.8) is 0 Å². The fourth-order valence-electron chi connectivity index (χ4n) is 3.98. The molecule has 0 aliphatic carbocycles. The molecule has 6 nitrogen and oxygen atoms in total. The highest BCUT2D eigenvalue weighted by atomic mass is 32.1. The Kier molecular flexibility index (Phi) is 6.60. The van der Waals surface area contributed by atoms with Gasteiger partial charge in [-0.15, -0.1) is 11.3 Å².